The van der Waals surface area contributed by atoms with Gasteiger partial charge in [-0.05, 0) is 6.42 Å². The zero-order valence-electron chi connectivity index (χ0n) is 6.86. The number of allylic oxidation sites excluding steroid dienone is 3. The summed E-state index contributed by atoms with van der Waals surface area (Å²) in [4.78, 5) is 0. The minimum absolute atomic E-state index is 0.234. The first kappa shape index (κ1) is 8.28. The Bertz CT molecular complexity index is 179. The van der Waals surface area contributed by atoms with Crippen LogP contribution in [0, 0.1) is 5.92 Å². The molecule has 0 aromatic rings. The van der Waals surface area contributed by atoms with Crippen molar-refractivity contribution in [3.05, 3.63) is 37.0 Å². The van der Waals surface area contributed by atoms with Crippen LogP contribution in [0.5, 0.6) is 0 Å². The predicted molar refractivity (Wildman–Crippen MR) is 47.4 cm³/mol. The fourth-order valence-electron chi connectivity index (χ4n) is 1.29. The molecule has 0 aliphatic heterocycles. The van der Waals surface area contributed by atoms with E-state index in [1.165, 1.54) is 0 Å². The van der Waals surface area contributed by atoms with E-state index >= 15 is 0 Å². The Morgan fingerprint density at radius 1 is 1.45 bits per heavy atom. The SMILES string of the molecule is C=CCC1C=CC=CC1OC. The zero-order valence-corrected chi connectivity index (χ0v) is 6.86. The highest BCUT2D eigenvalue weighted by Crippen LogP contribution is 2.18. The van der Waals surface area contributed by atoms with Crippen LogP contribution in [0.3, 0.4) is 0 Å². The van der Waals surface area contributed by atoms with E-state index in [2.05, 4.69) is 24.8 Å². The van der Waals surface area contributed by atoms with Crippen LogP contribution in [-0.2, 0) is 4.74 Å². The second-order valence-electron chi connectivity index (χ2n) is 2.66. The van der Waals surface area contributed by atoms with Gasteiger partial charge in [0.2, 0.25) is 0 Å². The van der Waals surface area contributed by atoms with E-state index in [1.54, 1.807) is 7.11 Å². The van der Waals surface area contributed by atoms with Crippen molar-refractivity contribution >= 4 is 0 Å². The van der Waals surface area contributed by atoms with Gasteiger partial charge in [-0.15, -0.1) is 6.58 Å². The van der Waals surface area contributed by atoms with E-state index in [1.807, 2.05) is 12.2 Å². The van der Waals surface area contributed by atoms with Crippen molar-refractivity contribution in [2.75, 3.05) is 7.11 Å². The average Bonchev–Trinajstić information content (AvgIpc) is 2.06. The predicted octanol–water partition coefficient (Wildman–Crippen LogP) is 2.32. The lowest BCUT2D eigenvalue weighted by molar-refractivity contribution is 0.106. The first-order chi connectivity index (χ1) is 5.38. The Morgan fingerprint density at radius 3 is 2.82 bits per heavy atom. The summed E-state index contributed by atoms with van der Waals surface area (Å²) in [5.41, 5.74) is 0. The van der Waals surface area contributed by atoms with Crippen LogP contribution in [-0.4, -0.2) is 13.2 Å². The second-order valence-corrected chi connectivity index (χ2v) is 2.66. The molecule has 1 heteroatoms. The minimum atomic E-state index is 0.234. The lowest BCUT2D eigenvalue weighted by Gasteiger charge is -2.21. The van der Waals surface area contributed by atoms with E-state index in [0.29, 0.717) is 5.92 Å². The quantitative estimate of drug-likeness (QED) is 0.561. The highest BCUT2D eigenvalue weighted by Gasteiger charge is 2.15. The van der Waals surface area contributed by atoms with Gasteiger partial charge in [-0.3, -0.25) is 0 Å². The summed E-state index contributed by atoms with van der Waals surface area (Å²) in [5.74, 6) is 0.475. The minimum Gasteiger partial charge on any atom is -0.377 e. The third kappa shape index (κ3) is 2.05. The Kier molecular flexibility index (Phi) is 3.12. The standard InChI is InChI=1S/C10H14O/c1-3-6-9-7-4-5-8-10(9)11-2/h3-5,7-10H,1,6H2,2H3. The molecule has 0 heterocycles. The zero-order chi connectivity index (χ0) is 8.10. The first-order valence-electron chi connectivity index (χ1n) is 3.87. The maximum absolute atomic E-state index is 5.27. The van der Waals surface area contributed by atoms with Crippen LogP contribution in [0.15, 0.2) is 37.0 Å². The molecule has 0 aromatic heterocycles. The molecule has 2 unspecified atom stereocenters. The van der Waals surface area contributed by atoms with Gasteiger partial charge in [0.15, 0.2) is 0 Å². The molecule has 1 rings (SSSR count). The average molecular weight is 150 g/mol. The molecule has 2 atom stereocenters. The van der Waals surface area contributed by atoms with E-state index in [-0.39, 0.29) is 6.10 Å². The Morgan fingerprint density at radius 2 is 2.18 bits per heavy atom. The molecule has 1 aliphatic rings. The first-order valence-corrected chi connectivity index (χ1v) is 3.87. The van der Waals surface area contributed by atoms with Crippen molar-refractivity contribution in [3.8, 4) is 0 Å². The van der Waals surface area contributed by atoms with E-state index in [4.69, 9.17) is 4.74 Å². The van der Waals surface area contributed by atoms with E-state index in [9.17, 15) is 0 Å². The normalized spacial score (nSPS) is 28.8. The summed E-state index contributed by atoms with van der Waals surface area (Å²) in [6.07, 6.45) is 11.5. The Labute approximate surface area is 68.1 Å². The monoisotopic (exact) mass is 150 g/mol. The molecule has 0 saturated carbocycles. The van der Waals surface area contributed by atoms with E-state index in [0.717, 1.165) is 6.42 Å². The van der Waals surface area contributed by atoms with Crippen molar-refractivity contribution in [2.45, 2.75) is 12.5 Å². The Hall–Kier alpha value is -0.820. The highest BCUT2D eigenvalue weighted by molar-refractivity contribution is 5.16. The largest absolute Gasteiger partial charge is 0.377 e. The number of hydrogen-bond acceptors (Lipinski definition) is 1. The molecule has 11 heavy (non-hydrogen) atoms. The van der Waals surface area contributed by atoms with Gasteiger partial charge in [0, 0.05) is 13.0 Å². The van der Waals surface area contributed by atoms with Gasteiger partial charge in [-0.2, -0.15) is 0 Å². The van der Waals surface area contributed by atoms with Crippen molar-refractivity contribution < 1.29 is 4.74 Å². The molecule has 0 saturated heterocycles. The van der Waals surface area contributed by atoms with Gasteiger partial charge in [0.25, 0.3) is 0 Å². The molecule has 60 valence electrons. The molecule has 1 nitrogen and oxygen atoms in total. The van der Waals surface area contributed by atoms with Gasteiger partial charge < -0.3 is 4.74 Å². The van der Waals surface area contributed by atoms with Gasteiger partial charge in [-0.25, -0.2) is 0 Å². The lowest BCUT2D eigenvalue weighted by atomic mass is 9.94. The number of ether oxygens (including phenoxy) is 1. The highest BCUT2D eigenvalue weighted by atomic mass is 16.5. The molecule has 0 N–H and O–H groups in total. The van der Waals surface area contributed by atoms with E-state index < -0.39 is 0 Å². The van der Waals surface area contributed by atoms with Gasteiger partial charge in [0.05, 0.1) is 6.10 Å². The summed E-state index contributed by atoms with van der Waals surface area (Å²) in [6.45, 7) is 3.71. The van der Waals surface area contributed by atoms with Crippen LogP contribution < -0.4 is 0 Å². The molecule has 0 bridgehead atoms. The van der Waals surface area contributed by atoms with Crippen LogP contribution >= 0.6 is 0 Å². The number of hydrogen-bond donors (Lipinski definition) is 0. The lowest BCUT2D eigenvalue weighted by Crippen LogP contribution is -2.19. The van der Waals surface area contributed by atoms with Crippen LogP contribution in [0.4, 0.5) is 0 Å². The maximum Gasteiger partial charge on any atom is 0.0820 e. The van der Waals surface area contributed by atoms with Crippen molar-refractivity contribution in [1.29, 1.82) is 0 Å². The molecule has 0 fully saturated rings. The van der Waals surface area contributed by atoms with Crippen molar-refractivity contribution in [1.82, 2.24) is 0 Å². The Balaban J connectivity index is 2.55. The summed E-state index contributed by atoms with van der Waals surface area (Å²) in [5, 5.41) is 0. The number of rotatable bonds is 3. The summed E-state index contributed by atoms with van der Waals surface area (Å²) >= 11 is 0. The second kappa shape index (κ2) is 4.14. The van der Waals surface area contributed by atoms with Crippen molar-refractivity contribution in [2.24, 2.45) is 5.92 Å². The molecular weight excluding hydrogens is 136 g/mol. The molecule has 0 radical (unpaired) electrons. The van der Waals surface area contributed by atoms with Crippen molar-refractivity contribution in [3.63, 3.8) is 0 Å². The molecule has 0 aromatic carbocycles. The van der Waals surface area contributed by atoms with Gasteiger partial charge >= 0.3 is 0 Å². The topological polar surface area (TPSA) is 9.23 Å². The molecule has 0 spiro atoms. The van der Waals surface area contributed by atoms with Crippen LogP contribution in [0.25, 0.3) is 0 Å². The number of methoxy groups -OCH3 is 1. The molecular formula is C10H14O. The third-order valence-corrected chi connectivity index (χ3v) is 1.90. The molecule has 1 aliphatic carbocycles. The third-order valence-electron chi connectivity index (χ3n) is 1.90. The van der Waals surface area contributed by atoms with Gasteiger partial charge in [0.1, 0.15) is 0 Å². The summed E-state index contributed by atoms with van der Waals surface area (Å²) in [7, 11) is 1.74. The van der Waals surface area contributed by atoms with Crippen LogP contribution in [0.2, 0.25) is 0 Å². The fourth-order valence-corrected chi connectivity index (χ4v) is 1.29. The van der Waals surface area contributed by atoms with Crippen LogP contribution in [0.1, 0.15) is 6.42 Å². The fraction of sp³-hybridized carbons (Fsp3) is 0.400. The molecule has 0 amide bonds. The summed E-state index contributed by atoms with van der Waals surface area (Å²) < 4.78 is 5.27. The smallest absolute Gasteiger partial charge is 0.0820 e. The summed E-state index contributed by atoms with van der Waals surface area (Å²) in [6, 6.07) is 0. The van der Waals surface area contributed by atoms with Gasteiger partial charge in [-0.1, -0.05) is 30.4 Å². The maximum atomic E-state index is 5.27.